The van der Waals surface area contributed by atoms with E-state index in [0.717, 1.165) is 12.8 Å². The highest BCUT2D eigenvalue weighted by atomic mass is 32.2. The van der Waals surface area contributed by atoms with Crippen molar-refractivity contribution in [2.75, 3.05) is 5.73 Å². The molecule has 0 fully saturated rings. The lowest BCUT2D eigenvalue weighted by molar-refractivity contribution is 0.557. The van der Waals surface area contributed by atoms with Crippen molar-refractivity contribution in [3.05, 3.63) is 35.9 Å². The largest absolute Gasteiger partial charge is 0.398 e. The molecule has 17 heavy (non-hydrogen) atoms. The SMILES string of the molecule is Cc1c(N)cccc1S(=O)(=O)NC1CC=CC1. The Balaban J connectivity index is 2.28. The van der Waals surface area contributed by atoms with E-state index in [1.165, 1.54) is 0 Å². The summed E-state index contributed by atoms with van der Waals surface area (Å²) in [5.41, 5.74) is 6.82. The van der Waals surface area contributed by atoms with Crippen molar-refractivity contribution in [1.29, 1.82) is 0 Å². The summed E-state index contributed by atoms with van der Waals surface area (Å²) >= 11 is 0. The normalized spacial score (nSPS) is 16.5. The van der Waals surface area contributed by atoms with E-state index in [1.54, 1.807) is 25.1 Å². The lowest BCUT2D eigenvalue weighted by Gasteiger charge is -2.14. The summed E-state index contributed by atoms with van der Waals surface area (Å²) in [5.74, 6) is 0. The fraction of sp³-hybridized carbons (Fsp3) is 0.333. The van der Waals surface area contributed by atoms with Crippen molar-refractivity contribution in [2.45, 2.75) is 30.7 Å². The van der Waals surface area contributed by atoms with Crippen LogP contribution in [0.15, 0.2) is 35.2 Å². The summed E-state index contributed by atoms with van der Waals surface area (Å²) < 4.78 is 27.0. The molecule has 92 valence electrons. The van der Waals surface area contributed by atoms with Crippen LogP contribution in [0.1, 0.15) is 18.4 Å². The third kappa shape index (κ3) is 2.50. The Kier molecular flexibility index (Phi) is 3.22. The van der Waals surface area contributed by atoms with Gasteiger partial charge in [-0.05, 0) is 37.5 Å². The first-order valence-corrected chi connectivity index (χ1v) is 7.01. The number of hydrogen-bond acceptors (Lipinski definition) is 3. The van der Waals surface area contributed by atoms with Gasteiger partial charge >= 0.3 is 0 Å². The Morgan fingerprint density at radius 1 is 1.29 bits per heavy atom. The van der Waals surface area contributed by atoms with E-state index in [4.69, 9.17) is 5.73 Å². The Hall–Kier alpha value is -1.33. The zero-order chi connectivity index (χ0) is 12.5. The zero-order valence-corrected chi connectivity index (χ0v) is 10.5. The molecule has 1 aromatic rings. The van der Waals surface area contributed by atoms with Crippen molar-refractivity contribution >= 4 is 15.7 Å². The van der Waals surface area contributed by atoms with Crippen LogP contribution < -0.4 is 10.5 Å². The molecule has 0 radical (unpaired) electrons. The topological polar surface area (TPSA) is 72.2 Å². The highest BCUT2D eigenvalue weighted by Crippen LogP contribution is 2.21. The molecule has 0 heterocycles. The van der Waals surface area contributed by atoms with Crippen LogP contribution in [0.5, 0.6) is 0 Å². The fourth-order valence-corrected chi connectivity index (χ4v) is 3.46. The van der Waals surface area contributed by atoms with Crippen LogP contribution in [-0.4, -0.2) is 14.5 Å². The van der Waals surface area contributed by atoms with E-state index < -0.39 is 10.0 Å². The van der Waals surface area contributed by atoms with Gasteiger partial charge in [0.25, 0.3) is 0 Å². The van der Waals surface area contributed by atoms with E-state index in [0.29, 0.717) is 11.3 Å². The zero-order valence-electron chi connectivity index (χ0n) is 9.68. The highest BCUT2D eigenvalue weighted by Gasteiger charge is 2.22. The maximum atomic E-state index is 12.2. The summed E-state index contributed by atoms with van der Waals surface area (Å²) in [4.78, 5) is 0.268. The summed E-state index contributed by atoms with van der Waals surface area (Å²) in [6.45, 7) is 1.72. The van der Waals surface area contributed by atoms with E-state index >= 15 is 0 Å². The molecule has 0 spiro atoms. The Labute approximate surface area is 102 Å². The quantitative estimate of drug-likeness (QED) is 0.633. The number of nitrogen functional groups attached to an aromatic ring is 1. The third-order valence-corrected chi connectivity index (χ3v) is 4.61. The number of sulfonamides is 1. The highest BCUT2D eigenvalue weighted by molar-refractivity contribution is 7.89. The molecule has 0 saturated carbocycles. The number of nitrogens with one attached hydrogen (secondary N) is 1. The first-order chi connectivity index (χ1) is 8.00. The molecule has 0 saturated heterocycles. The average molecular weight is 252 g/mol. The van der Waals surface area contributed by atoms with Gasteiger partial charge in [0.15, 0.2) is 0 Å². The first kappa shape index (κ1) is 12.1. The smallest absolute Gasteiger partial charge is 0.241 e. The number of benzene rings is 1. The molecular formula is C12H16N2O2S. The van der Waals surface area contributed by atoms with Gasteiger partial charge in [0, 0.05) is 11.7 Å². The molecule has 0 aromatic heterocycles. The van der Waals surface area contributed by atoms with E-state index in [1.807, 2.05) is 12.2 Å². The molecule has 1 aliphatic rings. The summed E-state index contributed by atoms with van der Waals surface area (Å²) in [6.07, 6.45) is 5.47. The molecule has 4 nitrogen and oxygen atoms in total. The molecular weight excluding hydrogens is 236 g/mol. The van der Waals surface area contributed by atoms with Gasteiger partial charge in [-0.15, -0.1) is 0 Å². The second kappa shape index (κ2) is 4.50. The second-order valence-electron chi connectivity index (χ2n) is 4.23. The lowest BCUT2D eigenvalue weighted by Crippen LogP contribution is -2.33. The molecule has 0 atom stereocenters. The number of anilines is 1. The molecule has 2 rings (SSSR count). The molecule has 1 aromatic carbocycles. The van der Waals surface area contributed by atoms with Crippen LogP contribution in [0.4, 0.5) is 5.69 Å². The third-order valence-electron chi connectivity index (χ3n) is 2.95. The molecule has 0 unspecified atom stereocenters. The molecule has 0 aliphatic heterocycles. The van der Waals surface area contributed by atoms with Gasteiger partial charge in [-0.2, -0.15) is 0 Å². The summed E-state index contributed by atoms with van der Waals surface area (Å²) in [5, 5.41) is 0. The van der Waals surface area contributed by atoms with Gasteiger partial charge in [-0.1, -0.05) is 18.2 Å². The number of nitrogens with two attached hydrogens (primary N) is 1. The van der Waals surface area contributed by atoms with Gasteiger partial charge in [-0.25, -0.2) is 13.1 Å². The van der Waals surface area contributed by atoms with Gasteiger partial charge in [0.1, 0.15) is 0 Å². The summed E-state index contributed by atoms with van der Waals surface area (Å²) in [6, 6.07) is 4.91. The van der Waals surface area contributed by atoms with Crippen molar-refractivity contribution in [1.82, 2.24) is 4.72 Å². The van der Waals surface area contributed by atoms with Gasteiger partial charge in [-0.3, -0.25) is 0 Å². The van der Waals surface area contributed by atoms with Crippen molar-refractivity contribution in [3.63, 3.8) is 0 Å². The predicted octanol–water partition coefficient (Wildman–Crippen LogP) is 1.57. The van der Waals surface area contributed by atoms with Crippen molar-refractivity contribution < 1.29 is 8.42 Å². The second-order valence-corrected chi connectivity index (χ2v) is 5.91. The molecule has 3 N–H and O–H groups in total. The Morgan fingerprint density at radius 3 is 2.59 bits per heavy atom. The summed E-state index contributed by atoms with van der Waals surface area (Å²) in [7, 11) is -3.47. The van der Waals surface area contributed by atoms with Gasteiger partial charge in [0.05, 0.1) is 4.90 Å². The number of rotatable bonds is 3. The van der Waals surface area contributed by atoms with E-state index in [2.05, 4.69) is 4.72 Å². The minimum atomic E-state index is -3.47. The predicted molar refractivity (Wildman–Crippen MR) is 68.1 cm³/mol. The standard InChI is InChI=1S/C12H16N2O2S/c1-9-11(13)7-4-8-12(9)17(15,16)14-10-5-2-3-6-10/h2-4,7-8,10,14H,5-6,13H2,1H3. The first-order valence-electron chi connectivity index (χ1n) is 5.53. The monoisotopic (exact) mass is 252 g/mol. The molecule has 0 bridgehead atoms. The van der Waals surface area contributed by atoms with Crippen LogP contribution in [0.25, 0.3) is 0 Å². The van der Waals surface area contributed by atoms with Crippen LogP contribution in [-0.2, 0) is 10.0 Å². The minimum absolute atomic E-state index is 0.0270. The van der Waals surface area contributed by atoms with E-state index in [9.17, 15) is 8.42 Å². The fourth-order valence-electron chi connectivity index (χ4n) is 1.92. The van der Waals surface area contributed by atoms with Crippen LogP contribution in [0.3, 0.4) is 0 Å². The van der Waals surface area contributed by atoms with Gasteiger partial charge < -0.3 is 5.73 Å². The Bertz CT molecular complexity index is 542. The van der Waals surface area contributed by atoms with Crippen molar-refractivity contribution in [3.8, 4) is 0 Å². The van der Waals surface area contributed by atoms with Crippen molar-refractivity contribution in [2.24, 2.45) is 0 Å². The minimum Gasteiger partial charge on any atom is -0.398 e. The molecule has 5 heteroatoms. The van der Waals surface area contributed by atoms with E-state index in [-0.39, 0.29) is 10.9 Å². The Morgan fingerprint density at radius 2 is 1.94 bits per heavy atom. The number of hydrogen-bond donors (Lipinski definition) is 2. The van der Waals surface area contributed by atoms with Gasteiger partial charge in [0.2, 0.25) is 10.0 Å². The maximum absolute atomic E-state index is 12.2. The van der Waals surface area contributed by atoms with Crippen LogP contribution in [0.2, 0.25) is 0 Å². The van der Waals surface area contributed by atoms with Crippen LogP contribution >= 0.6 is 0 Å². The molecule has 1 aliphatic carbocycles. The maximum Gasteiger partial charge on any atom is 0.241 e. The van der Waals surface area contributed by atoms with Crippen LogP contribution in [0, 0.1) is 6.92 Å². The average Bonchev–Trinajstić information content (AvgIpc) is 2.73. The molecule has 0 amide bonds. The lowest BCUT2D eigenvalue weighted by atomic mass is 10.2.